The van der Waals surface area contributed by atoms with Crippen molar-refractivity contribution in [2.75, 3.05) is 0 Å². The fraction of sp³-hybridized carbons (Fsp3) is 0.238. The number of benzene rings is 5. The van der Waals surface area contributed by atoms with Crippen LogP contribution in [0.4, 0.5) is 0 Å². The summed E-state index contributed by atoms with van der Waals surface area (Å²) in [5.74, 6) is -1.31. The molecule has 7 rings (SSSR count). The second kappa shape index (κ2) is 11.6. The van der Waals surface area contributed by atoms with Crippen LogP contribution in [0.25, 0.3) is 45.2 Å². The predicted octanol–water partition coefficient (Wildman–Crippen LogP) is 13.0. The molecule has 0 fully saturated rings. The second-order valence-electron chi connectivity index (χ2n) is 14.3. The molecule has 2 aliphatic carbocycles. The Labute approximate surface area is 284 Å². The summed E-state index contributed by atoms with van der Waals surface area (Å²) in [5.41, 5.74) is 15.9. The summed E-state index contributed by atoms with van der Waals surface area (Å²) < 4.78 is 0.150. The summed E-state index contributed by atoms with van der Waals surface area (Å²) in [5, 5.41) is 2.54. The van der Waals surface area contributed by atoms with Gasteiger partial charge in [0.05, 0.1) is 0 Å². The van der Waals surface area contributed by atoms with Crippen LogP contribution in [0.5, 0.6) is 0 Å². The molecule has 5 aromatic rings. The molecule has 2 unspecified atom stereocenters. The summed E-state index contributed by atoms with van der Waals surface area (Å²) in [6.45, 7) is 16.3. The molecule has 2 aliphatic rings. The van der Waals surface area contributed by atoms with Crippen LogP contribution in [-0.2, 0) is 15.6 Å². The average Bonchev–Trinajstić information content (AvgIpc) is 3.62. The molecule has 0 radical (unpaired) electrons. The number of hydrogen-bond acceptors (Lipinski definition) is 0. The molecular weight excluding hydrogens is 695 g/mol. The van der Waals surface area contributed by atoms with Crippen LogP contribution < -0.4 is 0 Å². The molecule has 2 atom stereocenters. The first-order chi connectivity index (χ1) is 21.9. The molecule has 0 nitrogen and oxygen atoms in total. The first-order valence-corrected chi connectivity index (χ1v) is 33.0. The quantitative estimate of drug-likeness (QED) is 0.152. The summed E-state index contributed by atoms with van der Waals surface area (Å²) in [4.78, 5) is 0. The Hall–Kier alpha value is -2.48. The van der Waals surface area contributed by atoms with Gasteiger partial charge in [0.15, 0.2) is 0 Å². The van der Waals surface area contributed by atoms with Gasteiger partial charge >= 0.3 is 286 Å². The number of halogens is 2. The molecule has 0 bridgehead atoms. The van der Waals surface area contributed by atoms with Crippen LogP contribution in [0.1, 0.15) is 61.4 Å². The summed E-state index contributed by atoms with van der Waals surface area (Å²) in [6, 6.07) is 35.6. The number of fused-ring (bicyclic) bond motifs is 3. The minimum atomic E-state index is -4.86. The van der Waals surface area contributed by atoms with Crippen LogP contribution in [0.2, 0.25) is 13.1 Å². The number of aryl methyl sites for hydroxylation is 2. The molecule has 4 heteroatoms. The Morgan fingerprint density at radius 3 is 1.98 bits per heavy atom. The molecule has 0 amide bonds. The monoisotopic (exact) mass is 735 g/mol. The zero-order valence-electron chi connectivity index (χ0n) is 28.0. The third-order valence-corrected chi connectivity index (χ3v) is 63.0. The van der Waals surface area contributed by atoms with Gasteiger partial charge in [-0.25, -0.2) is 0 Å². The Morgan fingerprint density at radius 2 is 1.24 bits per heavy atom. The van der Waals surface area contributed by atoms with Crippen molar-refractivity contribution in [2.24, 2.45) is 5.92 Å². The van der Waals surface area contributed by atoms with Gasteiger partial charge in [-0.1, -0.05) is 0 Å². The summed E-state index contributed by atoms with van der Waals surface area (Å²) in [7, 11) is 17.4. The Morgan fingerprint density at radius 1 is 0.609 bits per heavy atom. The van der Waals surface area contributed by atoms with Gasteiger partial charge in [0, 0.05) is 0 Å². The molecule has 0 spiro atoms. The maximum atomic E-state index is 8.68. The van der Waals surface area contributed by atoms with Crippen molar-refractivity contribution in [3.63, 3.8) is 0 Å². The van der Waals surface area contributed by atoms with Crippen molar-refractivity contribution in [1.29, 1.82) is 0 Å². The van der Waals surface area contributed by atoms with E-state index in [-0.39, 0.29) is 7.25 Å². The van der Waals surface area contributed by atoms with E-state index in [0.29, 0.717) is 5.92 Å². The molecule has 46 heavy (non-hydrogen) atoms. The Balaban J connectivity index is 1.49. The topological polar surface area (TPSA) is 0 Å². The standard InChI is InChI=1S/C22H19.C18H17.C2H7Si.2ClH.Zr/c1-15(2)18-13-17-9-6-12-21(22(17)14-18)20-11-5-8-16-7-3-4-10-19(16)20;1-12-10-17-14(3)8-9-16(18(17)11-12)15-7-5-4-6-13(15)2;1-3-2;;;/h3-15H,1-2H3;4-11H,1-3H3;3H,1-2H3;2*1H;/q;;;;;+2/p-2. The SMILES string of the molecule is CC1=Cc2c(-c3ccccc3C)ccc(C)c2[CH]1[Zr]([Cl])([Cl])([CH]1C(C(C)C)=Cc2c(-c3cccc4ccccc34)cccc21)[SiH](C)C. The van der Waals surface area contributed by atoms with Crippen LogP contribution in [0.3, 0.4) is 0 Å². The molecule has 0 saturated carbocycles. The fourth-order valence-corrected chi connectivity index (χ4v) is 41.0. The Bertz CT molecular complexity index is 2100. The third kappa shape index (κ3) is 4.69. The molecular formula is C42H43Cl2SiZr. The van der Waals surface area contributed by atoms with Gasteiger partial charge in [0.25, 0.3) is 0 Å². The van der Waals surface area contributed by atoms with Gasteiger partial charge in [-0.15, -0.1) is 0 Å². The molecule has 0 heterocycles. The van der Waals surface area contributed by atoms with E-state index in [2.05, 4.69) is 157 Å². The third-order valence-electron chi connectivity index (χ3n) is 11.1. The van der Waals surface area contributed by atoms with E-state index in [1.807, 2.05) is 0 Å². The van der Waals surface area contributed by atoms with Crippen LogP contribution >= 0.6 is 17.0 Å². The molecule has 5 aromatic carbocycles. The van der Waals surface area contributed by atoms with E-state index in [1.165, 1.54) is 77.6 Å². The number of hydrogen-bond donors (Lipinski definition) is 0. The molecule has 0 aromatic heterocycles. The van der Waals surface area contributed by atoms with Gasteiger partial charge in [0.2, 0.25) is 0 Å². The van der Waals surface area contributed by atoms with E-state index >= 15 is 0 Å². The summed E-state index contributed by atoms with van der Waals surface area (Å²) >= 11 is -4.86. The van der Waals surface area contributed by atoms with E-state index in [0.717, 1.165) is 0 Å². The molecule has 0 N–H and O–H groups in total. The minimum absolute atomic E-state index is 0.0715. The van der Waals surface area contributed by atoms with Crippen LogP contribution in [0.15, 0.2) is 108 Å². The van der Waals surface area contributed by atoms with Crippen molar-refractivity contribution in [3.05, 3.63) is 142 Å². The van der Waals surface area contributed by atoms with Crippen LogP contribution in [0, 0.1) is 19.8 Å². The van der Waals surface area contributed by atoms with Crippen molar-refractivity contribution >= 4 is 45.9 Å². The predicted molar refractivity (Wildman–Crippen MR) is 203 cm³/mol. The van der Waals surface area contributed by atoms with Gasteiger partial charge in [0.1, 0.15) is 0 Å². The van der Waals surface area contributed by atoms with E-state index in [4.69, 9.17) is 17.0 Å². The van der Waals surface area contributed by atoms with Crippen molar-refractivity contribution < 1.29 is 15.6 Å². The normalized spacial score (nSPS) is 18.4. The van der Waals surface area contributed by atoms with Crippen LogP contribution in [-0.4, -0.2) is 5.92 Å². The van der Waals surface area contributed by atoms with E-state index in [1.54, 1.807) is 0 Å². The van der Waals surface area contributed by atoms with Gasteiger partial charge < -0.3 is 0 Å². The van der Waals surface area contributed by atoms with Crippen molar-refractivity contribution in [2.45, 2.75) is 55.0 Å². The molecule has 0 saturated heterocycles. The van der Waals surface area contributed by atoms with Crippen molar-refractivity contribution in [1.82, 2.24) is 0 Å². The number of rotatable bonds is 6. The average molecular weight is 738 g/mol. The second-order valence-corrected chi connectivity index (χ2v) is 56.8. The van der Waals surface area contributed by atoms with Gasteiger partial charge in [-0.3, -0.25) is 0 Å². The zero-order valence-corrected chi connectivity index (χ0v) is 33.1. The number of allylic oxidation sites excluding steroid dienone is 2. The van der Waals surface area contributed by atoms with Crippen molar-refractivity contribution in [3.8, 4) is 22.3 Å². The van der Waals surface area contributed by atoms with E-state index in [9.17, 15) is 0 Å². The Kier molecular flexibility index (Phi) is 8.09. The molecule has 233 valence electrons. The van der Waals surface area contributed by atoms with E-state index < -0.39 is 21.5 Å². The van der Waals surface area contributed by atoms with Gasteiger partial charge in [-0.05, 0) is 0 Å². The fourth-order valence-electron chi connectivity index (χ4n) is 8.71. The first-order valence-electron chi connectivity index (χ1n) is 16.7. The first kappa shape index (κ1) is 32.1. The molecule has 0 aliphatic heterocycles. The van der Waals surface area contributed by atoms with Gasteiger partial charge in [-0.2, -0.15) is 0 Å². The summed E-state index contributed by atoms with van der Waals surface area (Å²) in [6.07, 6.45) is 4.92. The zero-order chi connectivity index (χ0) is 32.6. The maximum absolute atomic E-state index is 8.68.